The molecule has 3 atom stereocenters. The van der Waals surface area contributed by atoms with Gasteiger partial charge in [-0.2, -0.15) is 0 Å². The third kappa shape index (κ3) is 3.40. The van der Waals surface area contributed by atoms with Crippen LogP contribution in [-0.4, -0.2) is 41.5 Å². The highest BCUT2D eigenvalue weighted by Gasteiger charge is 2.35. The van der Waals surface area contributed by atoms with Crippen LogP contribution in [0.5, 0.6) is 0 Å². The van der Waals surface area contributed by atoms with Crippen LogP contribution in [0.2, 0.25) is 0 Å². The number of hydrogen-bond acceptors (Lipinski definition) is 2. The second-order valence-electron chi connectivity index (χ2n) is 7.23. The van der Waals surface area contributed by atoms with Crippen molar-refractivity contribution in [2.24, 2.45) is 0 Å². The molecular formula is C19H27N3O2. The Labute approximate surface area is 144 Å². The lowest BCUT2D eigenvalue weighted by Gasteiger charge is -2.39. The predicted octanol–water partition coefficient (Wildman–Crippen LogP) is 3.07. The minimum absolute atomic E-state index is 0.0294. The van der Waals surface area contributed by atoms with Gasteiger partial charge in [-0.05, 0) is 52.2 Å². The molecular weight excluding hydrogens is 302 g/mol. The van der Waals surface area contributed by atoms with Gasteiger partial charge in [0.05, 0.1) is 6.04 Å². The number of hydrogen-bond donors (Lipinski definition) is 1. The van der Waals surface area contributed by atoms with E-state index in [1.54, 1.807) is 4.90 Å². The van der Waals surface area contributed by atoms with Gasteiger partial charge in [0.2, 0.25) is 5.91 Å². The Kier molecular flexibility index (Phi) is 4.78. The van der Waals surface area contributed by atoms with E-state index in [2.05, 4.69) is 19.2 Å². The summed E-state index contributed by atoms with van der Waals surface area (Å²) in [6, 6.07) is 8.32. The Morgan fingerprint density at radius 3 is 2.38 bits per heavy atom. The highest BCUT2D eigenvalue weighted by Crippen LogP contribution is 2.24. The Morgan fingerprint density at radius 2 is 1.75 bits per heavy atom. The molecule has 0 unspecified atom stereocenters. The quantitative estimate of drug-likeness (QED) is 0.906. The molecule has 3 amide bonds. The summed E-state index contributed by atoms with van der Waals surface area (Å²) in [6.07, 6.45) is 3.65. The molecule has 2 fully saturated rings. The van der Waals surface area contributed by atoms with Crippen molar-refractivity contribution >= 4 is 17.6 Å². The number of nitrogens with zero attached hydrogens (tertiary/aromatic N) is 2. The van der Waals surface area contributed by atoms with Crippen LogP contribution < -0.4 is 10.2 Å². The SMILES string of the molecule is Cc1ccc(N2C[C@H](NC(=O)N3[C@@H](C)CCC[C@@H]3C)CC2=O)cc1. The molecule has 0 saturated carbocycles. The zero-order valence-corrected chi connectivity index (χ0v) is 14.8. The summed E-state index contributed by atoms with van der Waals surface area (Å²) in [4.78, 5) is 28.7. The number of urea groups is 1. The van der Waals surface area contributed by atoms with E-state index in [0.29, 0.717) is 13.0 Å². The second-order valence-corrected chi connectivity index (χ2v) is 7.23. The number of benzene rings is 1. The van der Waals surface area contributed by atoms with E-state index in [4.69, 9.17) is 0 Å². The molecule has 5 nitrogen and oxygen atoms in total. The van der Waals surface area contributed by atoms with Crippen molar-refractivity contribution in [2.75, 3.05) is 11.4 Å². The van der Waals surface area contributed by atoms with Crippen molar-refractivity contribution in [1.82, 2.24) is 10.2 Å². The highest BCUT2D eigenvalue weighted by molar-refractivity contribution is 5.96. The largest absolute Gasteiger partial charge is 0.333 e. The predicted molar refractivity (Wildman–Crippen MR) is 95.1 cm³/mol. The summed E-state index contributed by atoms with van der Waals surface area (Å²) >= 11 is 0. The lowest BCUT2D eigenvalue weighted by molar-refractivity contribution is -0.117. The number of anilines is 1. The number of carbonyl (C=O) groups is 2. The van der Waals surface area contributed by atoms with Crippen molar-refractivity contribution in [1.29, 1.82) is 0 Å². The fraction of sp³-hybridized carbons (Fsp3) is 0.579. The molecule has 0 radical (unpaired) electrons. The monoisotopic (exact) mass is 329 g/mol. The maximum absolute atomic E-state index is 12.7. The molecule has 2 saturated heterocycles. The molecule has 2 heterocycles. The van der Waals surface area contributed by atoms with Gasteiger partial charge >= 0.3 is 6.03 Å². The standard InChI is InChI=1S/C19H27N3O2/c1-13-7-9-17(10-8-13)21-12-16(11-18(21)23)20-19(24)22-14(2)5-4-6-15(22)3/h7-10,14-16H,4-6,11-12H2,1-3H3,(H,20,24)/t14-,15-,16+/m0/s1. The molecule has 0 bridgehead atoms. The summed E-state index contributed by atoms with van der Waals surface area (Å²) in [7, 11) is 0. The van der Waals surface area contributed by atoms with Crippen molar-refractivity contribution in [2.45, 2.75) is 64.6 Å². The van der Waals surface area contributed by atoms with Crippen LogP contribution in [0.4, 0.5) is 10.5 Å². The topological polar surface area (TPSA) is 52.7 Å². The van der Waals surface area contributed by atoms with Crippen LogP contribution in [0.1, 0.15) is 45.1 Å². The summed E-state index contributed by atoms with van der Waals surface area (Å²) in [6.45, 7) is 6.78. The lowest BCUT2D eigenvalue weighted by Crippen LogP contribution is -2.54. The minimum atomic E-state index is -0.118. The zero-order valence-electron chi connectivity index (χ0n) is 14.8. The van der Waals surface area contributed by atoms with E-state index in [0.717, 1.165) is 18.5 Å². The molecule has 1 aromatic carbocycles. The van der Waals surface area contributed by atoms with E-state index in [9.17, 15) is 9.59 Å². The van der Waals surface area contributed by atoms with E-state index in [-0.39, 0.29) is 30.1 Å². The van der Waals surface area contributed by atoms with Gasteiger partial charge < -0.3 is 15.1 Å². The van der Waals surface area contributed by atoms with E-state index >= 15 is 0 Å². The first-order chi connectivity index (χ1) is 11.5. The normalized spacial score (nSPS) is 27.5. The van der Waals surface area contributed by atoms with Crippen LogP contribution in [0.25, 0.3) is 0 Å². The van der Waals surface area contributed by atoms with Gasteiger partial charge in [-0.3, -0.25) is 4.79 Å². The number of aryl methyl sites for hydroxylation is 1. The molecule has 1 aromatic rings. The van der Waals surface area contributed by atoms with Gasteiger partial charge in [0.1, 0.15) is 0 Å². The first kappa shape index (κ1) is 16.8. The van der Waals surface area contributed by atoms with Gasteiger partial charge in [0.15, 0.2) is 0 Å². The summed E-state index contributed by atoms with van der Waals surface area (Å²) < 4.78 is 0. The van der Waals surface area contributed by atoms with E-state index in [1.165, 1.54) is 12.0 Å². The average Bonchev–Trinajstić information content (AvgIpc) is 2.88. The Balaban J connectivity index is 1.63. The van der Waals surface area contributed by atoms with Crippen molar-refractivity contribution < 1.29 is 9.59 Å². The molecule has 0 aromatic heterocycles. The van der Waals surface area contributed by atoms with Gasteiger partial charge in [0, 0.05) is 30.7 Å². The molecule has 24 heavy (non-hydrogen) atoms. The number of carbonyl (C=O) groups excluding carboxylic acids is 2. The summed E-state index contributed by atoms with van der Waals surface area (Å²) in [5.74, 6) is 0.0731. The summed E-state index contributed by atoms with van der Waals surface area (Å²) in [5, 5.41) is 3.08. The molecule has 3 rings (SSSR count). The van der Waals surface area contributed by atoms with Crippen LogP contribution in [-0.2, 0) is 4.79 Å². The number of nitrogens with one attached hydrogen (secondary N) is 1. The maximum atomic E-state index is 12.7. The first-order valence-electron chi connectivity index (χ1n) is 8.91. The number of piperidine rings is 1. The number of amides is 3. The van der Waals surface area contributed by atoms with Gasteiger partial charge in [-0.25, -0.2) is 4.79 Å². The molecule has 2 aliphatic heterocycles. The van der Waals surface area contributed by atoms with Crippen molar-refractivity contribution in [3.8, 4) is 0 Å². The smallest absolute Gasteiger partial charge is 0.318 e. The van der Waals surface area contributed by atoms with E-state index < -0.39 is 0 Å². The maximum Gasteiger partial charge on any atom is 0.318 e. The Morgan fingerprint density at radius 1 is 1.12 bits per heavy atom. The molecule has 0 spiro atoms. The number of rotatable bonds is 2. The molecule has 130 valence electrons. The average molecular weight is 329 g/mol. The van der Waals surface area contributed by atoms with E-state index in [1.807, 2.05) is 36.1 Å². The van der Waals surface area contributed by atoms with Crippen LogP contribution >= 0.6 is 0 Å². The first-order valence-corrected chi connectivity index (χ1v) is 8.91. The van der Waals surface area contributed by atoms with Gasteiger partial charge in [-0.15, -0.1) is 0 Å². The van der Waals surface area contributed by atoms with Crippen LogP contribution in [0.3, 0.4) is 0 Å². The Hall–Kier alpha value is -2.04. The molecule has 1 N–H and O–H groups in total. The molecule has 2 aliphatic rings. The van der Waals surface area contributed by atoms with Crippen LogP contribution in [0, 0.1) is 6.92 Å². The van der Waals surface area contributed by atoms with Crippen molar-refractivity contribution in [3.05, 3.63) is 29.8 Å². The van der Waals surface area contributed by atoms with Gasteiger partial charge in [-0.1, -0.05) is 17.7 Å². The second kappa shape index (κ2) is 6.83. The fourth-order valence-electron chi connectivity index (χ4n) is 3.85. The highest BCUT2D eigenvalue weighted by atomic mass is 16.2. The Bertz CT molecular complexity index is 604. The third-order valence-electron chi connectivity index (χ3n) is 5.23. The van der Waals surface area contributed by atoms with Crippen molar-refractivity contribution in [3.63, 3.8) is 0 Å². The number of likely N-dealkylation sites (tertiary alicyclic amines) is 1. The fourth-order valence-corrected chi connectivity index (χ4v) is 3.85. The van der Waals surface area contributed by atoms with Crippen LogP contribution in [0.15, 0.2) is 24.3 Å². The molecule has 0 aliphatic carbocycles. The minimum Gasteiger partial charge on any atom is -0.333 e. The van der Waals surface area contributed by atoms with Gasteiger partial charge in [0.25, 0.3) is 0 Å². The summed E-state index contributed by atoms with van der Waals surface area (Å²) in [5.41, 5.74) is 2.07. The lowest BCUT2D eigenvalue weighted by atomic mass is 9.98. The molecule has 5 heteroatoms. The third-order valence-corrected chi connectivity index (χ3v) is 5.23. The zero-order chi connectivity index (χ0) is 17.3.